The Balaban J connectivity index is 1.79. The van der Waals surface area contributed by atoms with E-state index in [9.17, 15) is 0 Å². The first-order valence-corrected chi connectivity index (χ1v) is 6.27. The normalized spacial score (nSPS) is 25.0. The highest BCUT2D eigenvalue weighted by Crippen LogP contribution is 2.17. The fraction of sp³-hybridized carbons (Fsp3) is 0.462. The van der Waals surface area contributed by atoms with Crippen LogP contribution in [-0.4, -0.2) is 28.6 Å². The van der Waals surface area contributed by atoms with Gasteiger partial charge in [0.2, 0.25) is 5.95 Å². The molecule has 1 aliphatic heterocycles. The van der Waals surface area contributed by atoms with Gasteiger partial charge in [-0.1, -0.05) is 12.1 Å². The van der Waals surface area contributed by atoms with Crippen LogP contribution in [0.5, 0.6) is 0 Å². The minimum absolute atomic E-state index is 0.462. The van der Waals surface area contributed by atoms with Crippen LogP contribution >= 0.6 is 0 Å². The molecule has 2 unspecified atom stereocenters. The number of hydrogen-bond acceptors (Lipinski definition) is 3. The maximum Gasteiger partial charge on any atom is 0.201 e. The Morgan fingerprint density at radius 2 is 2.24 bits per heavy atom. The van der Waals surface area contributed by atoms with Crippen LogP contribution in [0.3, 0.4) is 0 Å². The summed E-state index contributed by atoms with van der Waals surface area (Å²) in [5, 5.41) is 6.97. The van der Waals surface area contributed by atoms with E-state index < -0.39 is 0 Å². The van der Waals surface area contributed by atoms with Gasteiger partial charge in [0.25, 0.3) is 0 Å². The Bertz CT molecular complexity index is 472. The molecule has 0 saturated carbocycles. The third-order valence-corrected chi connectivity index (χ3v) is 3.47. The fourth-order valence-electron chi connectivity index (χ4n) is 2.44. The molecule has 1 fully saturated rings. The van der Waals surface area contributed by atoms with E-state index in [2.05, 4.69) is 33.6 Å². The van der Waals surface area contributed by atoms with Crippen LogP contribution in [0.1, 0.15) is 19.8 Å². The monoisotopic (exact) mass is 230 g/mol. The first-order valence-electron chi connectivity index (χ1n) is 6.27. The summed E-state index contributed by atoms with van der Waals surface area (Å²) in [7, 11) is 0. The lowest BCUT2D eigenvalue weighted by Gasteiger charge is -2.30. The van der Waals surface area contributed by atoms with Gasteiger partial charge in [0, 0.05) is 12.1 Å². The van der Waals surface area contributed by atoms with Crippen LogP contribution in [0.2, 0.25) is 0 Å². The molecule has 90 valence electrons. The predicted octanol–water partition coefficient (Wildman–Crippen LogP) is 2.12. The third kappa shape index (κ3) is 2.13. The highest BCUT2D eigenvalue weighted by atomic mass is 15.2. The summed E-state index contributed by atoms with van der Waals surface area (Å²) in [4.78, 5) is 7.86. The van der Waals surface area contributed by atoms with Crippen molar-refractivity contribution in [3.05, 3.63) is 24.3 Å². The van der Waals surface area contributed by atoms with Crippen molar-refractivity contribution < 1.29 is 0 Å². The van der Waals surface area contributed by atoms with E-state index in [0.717, 1.165) is 23.5 Å². The van der Waals surface area contributed by atoms with Crippen molar-refractivity contribution in [2.24, 2.45) is 0 Å². The largest absolute Gasteiger partial charge is 0.352 e. The minimum Gasteiger partial charge on any atom is -0.352 e. The Kier molecular flexibility index (Phi) is 2.73. The molecule has 4 nitrogen and oxygen atoms in total. The molecule has 0 amide bonds. The zero-order valence-corrected chi connectivity index (χ0v) is 10.0. The molecule has 1 aliphatic rings. The number of aromatic amines is 1. The van der Waals surface area contributed by atoms with Crippen LogP contribution in [0.15, 0.2) is 24.3 Å². The molecule has 2 heterocycles. The van der Waals surface area contributed by atoms with Crippen LogP contribution in [0.4, 0.5) is 5.95 Å². The standard InChI is InChI=1S/C13H18N4/c1-9-10(7-4-8-14-9)15-13-16-11-5-2-3-6-12(11)17-13/h2-3,5-6,9-10,14H,4,7-8H2,1H3,(H2,15,16,17). The molecule has 1 saturated heterocycles. The molecular weight excluding hydrogens is 212 g/mol. The van der Waals surface area contributed by atoms with Gasteiger partial charge < -0.3 is 15.6 Å². The van der Waals surface area contributed by atoms with E-state index in [1.54, 1.807) is 0 Å². The van der Waals surface area contributed by atoms with Crippen molar-refractivity contribution in [3.63, 3.8) is 0 Å². The van der Waals surface area contributed by atoms with E-state index in [0.29, 0.717) is 12.1 Å². The number of anilines is 1. The van der Waals surface area contributed by atoms with E-state index in [1.165, 1.54) is 12.8 Å². The second kappa shape index (κ2) is 4.37. The number of nitrogens with one attached hydrogen (secondary N) is 3. The summed E-state index contributed by atoms with van der Waals surface area (Å²) in [5.41, 5.74) is 2.11. The van der Waals surface area contributed by atoms with Gasteiger partial charge in [-0.15, -0.1) is 0 Å². The predicted molar refractivity (Wildman–Crippen MR) is 70.2 cm³/mol. The van der Waals surface area contributed by atoms with Gasteiger partial charge in [0.1, 0.15) is 0 Å². The number of benzene rings is 1. The summed E-state index contributed by atoms with van der Waals surface area (Å²) < 4.78 is 0. The molecule has 1 aromatic heterocycles. The Morgan fingerprint density at radius 3 is 3.06 bits per heavy atom. The first-order chi connectivity index (χ1) is 8.33. The SMILES string of the molecule is CC1NCCCC1Nc1nc2ccccc2[nH]1. The van der Waals surface area contributed by atoms with Crippen molar-refractivity contribution in [3.8, 4) is 0 Å². The Hall–Kier alpha value is -1.55. The van der Waals surface area contributed by atoms with E-state index >= 15 is 0 Å². The van der Waals surface area contributed by atoms with Crippen LogP contribution < -0.4 is 10.6 Å². The number of nitrogens with zero attached hydrogens (tertiary/aromatic N) is 1. The van der Waals surface area contributed by atoms with Crippen LogP contribution in [0.25, 0.3) is 11.0 Å². The second-order valence-electron chi connectivity index (χ2n) is 4.74. The molecule has 4 heteroatoms. The fourth-order valence-corrected chi connectivity index (χ4v) is 2.44. The average molecular weight is 230 g/mol. The highest BCUT2D eigenvalue weighted by molar-refractivity contribution is 5.77. The second-order valence-corrected chi connectivity index (χ2v) is 4.74. The quantitative estimate of drug-likeness (QED) is 0.740. The summed E-state index contributed by atoms with van der Waals surface area (Å²) in [6.45, 7) is 3.35. The van der Waals surface area contributed by atoms with Crippen molar-refractivity contribution in [2.75, 3.05) is 11.9 Å². The van der Waals surface area contributed by atoms with E-state index in [1.807, 2.05) is 18.2 Å². The number of rotatable bonds is 2. The van der Waals surface area contributed by atoms with Gasteiger partial charge in [0.15, 0.2) is 0 Å². The zero-order chi connectivity index (χ0) is 11.7. The average Bonchev–Trinajstić information content (AvgIpc) is 2.74. The van der Waals surface area contributed by atoms with Crippen molar-refractivity contribution >= 4 is 17.0 Å². The zero-order valence-electron chi connectivity index (χ0n) is 10.0. The lowest BCUT2D eigenvalue weighted by atomic mass is 10.0. The van der Waals surface area contributed by atoms with Crippen LogP contribution in [0, 0.1) is 0 Å². The summed E-state index contributed by atoms with van der Waals surface area (Å²) in [5.74, 6) is 0.881. The number of fused-ring (bicyclic) bond motifs is 1. The summed E-state index contributed by atoms with van der Waals surface area (Å²) in [6.07, 6.45) is 2.42. The molecule has 0 spiro atoms. The van der Waals surface area contributed by atoms with E-state index in [4.69, 9.17) is 0 Å². The maximum atomic E-state index is 4.55. The molecule has 0 aliphatic carbocycles. The smallest absolute Gasteiger partial charge is 0.201 e. The maximum absolute atomic E-state index is 4.55. The van der Waals surface area contributed by atoms with Crippen molar-refractivity contribution in [2.45, 2.75) is 31.8 Å². The topological polar surface area (TPSA) is 52.7 Å². The molecule has 0 radical (unpaired) electrons. The molecule has 2 aromatic rings. The third-order valence-electron chi connectivity index (χ3n) is 3.47. The molecule has 0 bridgehead atoms. The van der Waals surface area contributed by atoms with Crippen LogP contribution in [-0.2, 0) is 0 Å². The lowest BCUT2D eigenvalue weighted by Crippen LogP contribution is -2.46. The Morgan fingerprint density at radius 1 is 1.35 bits per heavy atom. The van der Waals surface area contributed by atoms with Gasteiger partial charge >= 0.3 is 0 Å². The molecule has 17 heavy (non-hydrogen) atoms. The summed E-state index contributed by atoms with van der Waals surface area (Å²) >= 11 is 0. The molecule has 1 aromatic carbocycles. The van der Waals surface area contributed by atoms with Gasteiger partial charge in [0.05, 0.1) is 11.0 Å². The number of H-pyrrole nitrogens is 1. The number of aromatic nitrogens is 2. The highest BCUT2D eigenvalue weighted by Gasteiger charge is 2.21. The van der Waals surface area contributed by atoms with E-state index in [-0.39, 0.29) is 0 Å². The number of para-hydroxylation sites is 2. The van der Waals surface area contributed by atoms with Gasteiger partial charge in [-0.2, -0.15) is 0 Å². The summed E-state index contributed by atoms with van der Waals surface area (Å²) in [6, 6.07) is 9.07. The molecule has 2 atom stereocenters. The van der Waals surface area contributed by atoms with Gasteiger partial charge in [-0.25, -0.2) is 4.98 Å². The van der Waals surface area contributed by atoms with Crippen molar-refractivity contribution in [1.29, 1.82) is 0 Å². The van der Waals surface area contributed by atoms with Gasteiger partial charge in [-0.05, 0) is 38.4 Å². The molecular formula is C13H18N4. The Labute approximate surface area is 101 Å². The number of piperidine rings is 1. The lowest BCUT2D eigenvalue weighted by molar-refractivity contribution is 0.388. The van der Waals surface area contributed by atoms with Crippen molar-refractivity contribution in [1.82, 2.24) is 15.3 Å². The van der Waals surface area contributed by atoms with Gasteiger partial charge in [-0.3, -0.25) is 0 Å². The number of hydrogen-bond donors (Lipinski definition) is 3. The number of imidazole rings is 1. The molecule has 3 N–H and O–H groups in total. The minimum atomic E-state index is 0.462. The molecule has 3 rings (SSSR count). The first kappa shape index (κ1) is 10.6.